The smallest absolute Gasteiger partial charge is 0.138 e. The van der Waals surface area contributed by atoms with Crippen LogP contribution in [0.2, 0.25) is 0 Å². The van der Waals surface area contributed by atoms with Crippen molar-refractivity contribution in [2.75, 3.05) is 0 Å². The van der Waals surface area contributed by atoms with Crippen LogP contribution in [0.25, 0.3) is 83.0 Å². The largest absolute Gasteiger partial charge is 0.297 e. The van der Waals surface area contributed by atoms with Gasteiger partial charge in [0, 0.05) is 75.6 Å². The average Bonchev–Trinajstić information content (AvgIpc) is 3.47. The molecule has 0 aliphatic rings. The summed E-state index contributed by atoms with van der Waals surface area (Å²) in [5, 5.41) is 3.13. The molecule has 0 atom stereocenters. The molecule has 7 nitrogen and oxygen atoms in total. The van der Waals surface area contributed by atoms with Gasteiger partial charge in [-0.05, 0) is 42.5 Å². The lowest BCUT2D eigenvalue weighted by Gasteiger charge is -2.09. The van der Waals surface area contributed by atoms with Gasteiger partial charge in [-0.2, -0.15) is 0 Å². The number of nitrogens with zero attached hydrogens (tertiary/aromatic N) is 7. The van der Waals surface area contributed by atoms with Crippen LogP contribution in [-0.2, 0) is 0 Å². The number of rotatable bonds is 3. The van der Waals surface area contributed by atoms with Crippen LogP contribution in [0.3, 0.4) is 0 Å². The average molecular weight is 552 g/mol. The molecular formula is C36H21N7. The van der Waals surface area contributed by atoms with Crippen LogP contribution in [0.4, 0.5) is 0 Å². The van der Waals surface area contributed by atoms with Gasteiger partial charge in [0.25, 0.3) is 0 Å². The second-order valence-electron chi connectivity index (χ2n) is 10.5. The van der Waals surface area contributed by atoms with Gasteiger partial charge in [-0.3, -0.25) is 24.3 Å². The summed E-state index contributed by atoms with van der Waals surface area (Å²) in [6, 6.07) is 30.7. The van der Waals surface area contributed by atoms with Gasteiger partial charge in [0.05, 0.1) is 22.2 Å². The number of fused-ring (bicyclic) bond motifs is 8. The lowest BCUT2D eigenvalue weighted by molar-refractivity contribution is 1.21. The molecule has 7 aromatic heterocycles. The Morgan fingerprint density at radius 3 is 2.28 bits per heavy atom. The molecule has 0 fully saturated rings. The molecule has 7 heterocycles. The van der Waals surface area contributed by atoms with Gasteiger partial charge in [0.1, 0.15) is 22.4 Å². The van der Waals surface area contributed by atoms with E-state index in [1.807, 2.05) is 61.1 Å². The van der Waals surface area contributed by atoms with Crippen molar-refractivity contribution in [3.8, 4) is 33.6 Å². The van der Waals surface area contributed by atoms with Gasteiger partial charge < -0.3 is 0 Å². The highest BCUT2D eigenvalue weighted by atomic mass is 15.0. The topological polar surface area (TPSA) is 81.8 Å². The Kier molecular flexibility index (Phi) is 5.06. The second-order valence-corrected chi connectivity index (χ2v) is 10.5. The third-order valence-electron chi connectivity index (χ3n) is 7.99. The Hall–Kier alpha value is -6.08. The zero-order valence-electron chi connectivity index (χ0n) is 22.8. The Balaban J connectivity index is 1.21. The highest BCUT2D eigenvalue weighted by Crippen LogP contribution is 2.34. The van der Waals surface area contributed by atoms with Crippen LogP contribution in [0, 0.1) is 0 Å². The Labute approximate surface area is 245 Å². The van der Waals surface area contributed by atoms with Crippen LogP contribution in [-0.4, -0.2) is 34.3 Å². The van der Waals surface area contributed by atoms with E-state index in [1.54, 1.807) is 12.4 Å². The molecule has 0 N–H and O–H groups in total. The summed E-state index contributed by atoms with van der Waals surface area (Å²) in [4.78, 5) is 28.7. The number of imidazole rings is 1. The van der Waals surface area contributed by atoms with Crippen LogP contribution in [0.15, 0.2) is 128 Å². The van der Waals surface area contributed by atoms with Crippen molar-refractivity contribution in [1.82, 2.24) is 34.3 Å². The normalized spacial score (nSPS) is 11.7. The predicted octanol–water partition coefficient (Wildman–Crippen LogP) is 7.92. The van der Waals surface area contributed by atoms with E-state index in [1.165, 1.54) is 0 Å². The molecule has 0 unspecified atom stereocenters. The number of benzene rings is 2. The molecule has 200 valence electrons. The van der Waals surface area contributed by atoms with Gasteiger partial charge in [-0.1, -0.05) is 48.5 Å². The molecule has 0 aliphatic carbocycles. The minimum absolute atomic E-state index is 0.775. The Morgan fingerprint density at radius 2 is 1.37 bits per heavy atom. The maximum Gasteiger partial charge on any atom is 0.138 e. The summed E-state index contributed by atoms with van der Waals surface area (Å²) in [5.74, 6) is 0. The maximum absolute atomic E-state index is 5.12. The van der Waals surface area contributed by atoms with E-state index in [9.17, 15) is 0 Å². The van der Waals surface area contributed by atoms with E-state index in [0.717, 1.165) is 83.0 Å². The van der Waals surface area contributed by atoms with E-state index in [2.05, 4.69) is 69.1 Å². The molecule has 0 radical (unpaired) electrons. The molecule has 0 saturated heterocycles. The minimum Gasteiger partial charge on any atom is -0.297 e. The van der Waals surface area contributed by atoms with Crippen molar-refractivity contribution in [2.24, 2.45) is 0 Å². The van der Waals surface area contributed by atoms with Crippen LogP contribution in [0.1, 0.15) is 0 Å². The number of aromatic nitrogens is 7. The summed E-state index contributed by atoms with van der Waals surface area (Å²) >= 11 is 0. The molecule has 0 spiro atoms. The molecular weight excluding hydrogens is 530 g/mol. The fourth-order valence-corrected chi connectivity index (χ4v) is 5.89. The van der Waals surface area contributed by atoms with E-state index in [-0.39, 0.29) is 0 Å². The molecule has 0 saturated carbocycles. The SMILES string of the molecule is c1cncc(-c2ccc3nc4c5ccccc5nc(-c5ccc(-c6cnc7c(ccc8cccnc87)c6)cn5)c4n3c2)c1. The number of para-hydroxylation sites is 1. The van der Waals surface area contributed by atoms with Crippen LogP contribution < -0.4 is 0 Å². The molecule has 0 bridgehead atoms. The Bertz CT molecular complexity index is 2500. The number of pyridine rings is 6. The fourth-order valence-electron chi connectivity index (χ4n) is 5.89. The first-order valence-electron chi connectivity index (χ1n) is 14.0. The summed E-state index contributed by atoms with van der Waals surface area (Å²) < 4.78 is 2.12. The summed E-state index contributed by atoms with van der Waals surface area (Å²) in [5.41, 5.74) is 11.0. The minimum atomic E-state index is 0.775. The summed E-state index contributed by atoms with van der Waals surface area (Å²) in [7, 11) is 0. The van der Waals surface area contributed by atoms with E-state index < -0.39 is 0 Å². The van der Waals surface area contributed by atoms with E-state index >= 15 is 0 Å². The summed E-state index contributed by atoms with van der Waals surface area (Å²) in [6.07, 6.45) is 11.4. The summed E-state index contributed by atoms with van der Waals surface area (Å²) in [6.45, 7) is 0. The first kappa shape index (κ1) is 23.6. The fraction of sp³-hybridized carbons (Fsp3) is 0. The van der Waals surface area contributed by atoms with Gasteiger partial charge >= 0.3 is 0 Å². The van der Waals surface area contributed by atoms with Crippen LogP contribution >= 0.6 is 0 Å². The molecule has 7 heteroatoms. The zero-order valence-corrected chi connectivity index (χ0v) is 22.8. The predicted molar refractivity (Wildman–Crippen MR) is 170 cm³/mol. The quantitative estimate of drug-likeness (QED) is 0.208. The highest BCUT2D eigenvalue weighted by molar-refractivity contribution is 6.09. The first-order chi connectivity index (χ1) is 21.3. The molecule has 9 aromatic rings. The standard InChI is InChI=1S/C36H21N7/c1-2-8-29-28(7-1)34-36(43-21-26(12-14-31(43)42-34)24-6-3-15-37-18-24)35(41-29)30-13-11-25(19-39-30)27-17-23-10-9-22-5-4-16-38-32(22)33(23)40-20-27/h1-21H. The molecule has 0 amide bonds. The molecule has 0 aliphatic heterocycles. The molecule has 43 heavy (non-hydrogen) atoms. The maximum atomic E-state index is 5.12. The van der Waals surface area contributed by atoms with E-state index in [4.69, 9.17) is 19.9 Å². The first-order valence-corrected chi connectivity index (χ1v) is 14.0. The van der Waals surface area contributed by atoms with Crippen molar-refractivity contribution in [3.05, 3.63) is 128 Å². The van der Waals surface area contributed by atoms with Gasteiger partial charge in [0.2, 0.25) is 0 Å². The highest BCUT2D eigenvalue weighted by Gasteiger charge is 2.18. The van der Waals surface area contributed by atoms with Crippen molar-refractivity contribution >= 4 is 49.4 Å². The van der Waals surface area contributed by atoms with Crippen molar-refractivity contribution in [1.29, 1.82) is 0 Å². The third-order valence-corrected chi connectivity index (χ3v) is 7.99. The zero-order chi connectivity index (χ0) is 28.3. The Morgan fingerprint density at radius 1 is 0.535 bits per heavy atom. The van der Waals surface area contributed by atoms with Crippen LogP contribution in [0.5, 0.6) is 0 Å². The second kappa shape index (κ2) is 9.22. The van der Waals surface area contributed by atoms with Crippen molar-refractivity contribution in [3.63, 3.8) is 0 Å². The van der Waals surface area contributed by atoms with Crippen molar-refractivity contribution < 1.29 is 0 Å². The molecule has 2 aromatic carbocycles. The number of hydrogen-bond donors (Lipinski definition) is 0. The third kappa shape index (κ3) is 3.75. The van der Waals surface area contributed by atoms with Crippen molar-refractivity contribution in [2.45, 2.75) is 0 Å². The number of hydrogen-bond acceptors (Lipinski definition) is 6. The monoisotopic (exact) mass is 551 g/mol. The lowest BCUT2D eigenvalue weighted by atomic mass is 10.0. The van der Waals surface area contributed by atoms with Gasteiger partial charge in [-0.25, -0.2) is 9.97 Å². The van der Waals surface area contributed by atoms with Gasteiger partial charge in [0.15, 0.2) is 0 Å². The van der Waals surface area contributed by atoms with Gasteiger partial charge in [-0.15, -0.1) is 0 Å². The lowest BCUT2D eigenvalue weighted by Crippen LogP contribution is -1.95. The molecule has 9 rings (SSSR count). The van der Waals surface area contributed by atoms with E-state index in [0.29, 0.717) is 0 Å².